The lowest BCUT2D eigenvalue weighted by Gasteiger charge is -2.28. The first-order valence-corrected chi connectivity index (χ1v) is 8.11. The first kappa shape index (κ1) is 11.9. The van der Waals surface area contributed by atoms with Crippen LogP contribution < -0.4 is 0 Å². The lowest BCUT2D eigenvalue weighted by atomic mass is 9.91. The van der Waals surface area contributed by atoms with Gasteiger partial charge in [-0.2, -0.15) is 0 Å². The number of benzene rings is 2. The Morgan fingerprint density at radius 2 is 1.47 bits per heavy atom. The first-order valence-electron chi connectivity index (χ1n) is 6.79. The first-order chi connectivity index (χ1) is 9.34. The minimum atomic E-state index is 0.269. The van der Waals surface area contributed by atoms with E-state index in [0.717, 1.165) is 0 Å². The number of halogens is 1. The van der Waals surface area contributed by atoms with Crippen molar-refractivity contribution in [3.8, 4) is 0 Å². The Morgan fingerprint density at radius 3 is 2.21 bits per heavy atom. The summed E-state index contributed by atoms with van der Waals surface area (Å²) in [5.41, 5.74) is 3.04. The highest BCUT2D eigenvalue weighted by atomic mass is 35.5. The zero-order valence-electron chi connectivity index (χ0n) is 10.5. The highest BCUT2D eigenvalue weighted by Crippen LogP contribution is 2.59. The van der Waals surface area contributed by atoms with Crippen molar-refractivity contribution in [2.75, 3.05) is 0 Å². The molecule has 2 heteroatoms. The summed E-state index contributed by atoms with van der Waals surface area (Å²) < 4.78 is 0. The molecule has 2 aromatic carbocycles. The van der Waals surface area contributed by atoms with E-state index in [-0.39, 0.29) is 5.38 Å². The zero-order valence-corrected chi connectivity index (χ0v) is 12.1. The molecule has 0 unspecified atom stereocenters. The summed E-state index contributed by atoms with van der Waals surface area (Å²) in [4.78, 5) is 1.34. The Balaban J connectivity index is 1.66. The van der Waals surface area contributed by atoms with Crippen LogP contribution in [0.3, 0.4) is 0 Å². The third kappa shape index (κ3) is 1.83. The molecule has 0 saturated heterocycles. The van der Waals surface area contributed by atoms with E-state index in [0.29, 0.717) is 17.1 Å². The standard InChI is InChI=1S/C17H15ClS/c18-16-14-10-15(13-9-5-4-8-12(13)14)17(16)19-11-6-2-1-3-7-11/h1-9,14-17H,10H2/t14-,15+,16+,17+/m0/s1. The molecule has 0 aromatic heterocycles. The number of thioether (sulfide) groups is 1. The molecule has 0 heterocycles. The average molecular weight is 287 g/mol. The quantitative estimate of drug-likeness (QED) is 0.697. The molecular weight excluding hydrogens is 272 g/mol. The second-order valence-corrected chi connectivity index (χ2v) is 7.17. The molecule has 1 fully saturated rings. The van der Waals surface area contributed by atoms with E-state index in [1.54, 1.807) is 0 Å². The second-order valence-electron chi connectivity index (χ2n) is 5.42. The van der Waals surface area contributed by atoms with E-state index < -0.39 is 0 Å². The number of hydrogen-bond donors (Lipinski definition) is 0. The fraction of sp³-hybridized carbons (Fsp3) is 0.294. The summed E-state index contributed by atoms with van der Waals surface area (Å²) in [6.07, 6.45) is 1.23. The summed E-state index contributed by atoms with van der Waals surface area (Å²) >= 11 is 8.69. The highest BCUT2D eigenvalue weighted by molar-refractivity contribution is 8.00. The van der Waals surface area contributed by atoms with Crippen molar-refractivity contribution in [1.82, 2.24) is 0 Å². The summed E-state index contributed by atoms with van der Waals surface area (Å²) in [5.74, 6) is 1.19. The van der Waals surface area contributed by atoms with Gasteiger partial charge in [0.05, 0.1) is 5.38 Å². The topological polar surface area (TPSA) is 0 Å². The van der Waals surface area contributed by atoms with Crippen LogP contribution in [0.4, 0.5) is 0 Å². The monoisotopic (exact) mass is 286 g/mol. The van der Waals surface area contributed by atoms with Crippen molar-refractivity contribution in [1.29, 1.82) is 0 Å². The van der Waals surface area contributed by atoms with Crippen LogP contribution in [0, 0.1) is 0 Å². The van der Waals surface area contributed by atoms with Crippen LogP contribution in [-0.2, 0) is 0 Å². The summed E-state index contributed by atoms with van der Waals surface area (Å²) in [6.45, 7) is 0. The fourth-order valence-corrected chi connectivity index (χ4v) is 5.52. The molecule has 2 aliphatic rings. The van der Waals surface area contributed by atoms with Gasteiger partial charge in [0, 0.05) is 16.1 Å². The Morgan fingerprint density at radius 1 is 0.842 bits per heavy atom. The van der Waals surface area contributed by atoms with Gasteiger partial charge < -0.3 is 0 Å². The van der Waals surface area contributed by atoms with Gasteiger partial charge in [-0.25, -0.2) is 0 Å². The number of hydrogen-bond acceptors (Lipinski definition) is 1. The van der Waals surface area contributed by atoms with E-state index in [9.17, 15) is 0 Å². The van der Waals surface area contributed by atoms with E-state index in [2.05, 4.69) is 54.6 Å². The van der Waals surface area contributed by atoms with Gasteiger partial charge in [0.25, 0.3) is 0 Å². The second kappa shape index (κ2) is 4.57. The molecule has 0 radical (unpaired) electrons. The van der Waals surface area contributed by atoms with Crippen molar-refractivity contribution >= 4 is 23.4 Å². The molecule has 4 atom stereocenters. The molecule has 2 aliphatic carbocycles. The molecule has 96 valence electrons. The van der Waals surface area contributed by atoms with Gasteiger partial charge in [0.15, 0.2) is 0 Å². The van der Waals surface area contributed by atoms with Gasteiger partial charge in [0.1, 0.15) is 0 Å². The van der Waals surface area contributed by atoms with E-state index in [1.807, 2.05) is 11.8 Å². The van der Waals surface area contributed by atoms with Crippen LogP contribution >= 0.6 is 23.4 Å². The van der Waals surface area contributed by atoms with Crippen LogP contribution in [0.5, 0.6) is 0 Å². The molecule has 1 saturated carbocycles. The van der Waals surface area contributed by atoms with Crippen molar-refractivity contribution in [3.05, 3.63) is 65.7 Å². The Labute approximate surface area is 123 Å². The van der Waals surface area contributed by atoms with Crippen molar-refractivity contribution in [2.45, 2.75) is 33.8 Å². The minimum absolute atomic E-state index is 0.269. The Bertz CT molecular complexity index is 595. The third-order valence-electron chi connectivity index (χ3n) is 4.41. The van der Waals surface area contributed by atoms with Gasteiger partial charge >= 0.3 is 0 Å². The molecule has 0 N–H and O–H groups in total. The predicted molar refractivity (Wildman–Crippen MR) is 82.3 cm³/mol. The van der Waals surface area contributed by atoms with Gasteiger partial charge in [-0.15, -0.1) is 23.4 Å². The summed E-state index contributed by atoms with van der Waals surface area (Å²) in [6, 6.07) is 19.5. The van der Waals surface area contributed by atoms with Crippen molar-refractivity contribution in [3.63, 3.8) is 0 Å². The fourth-order valence-electron chi connectivity index (χ4n) is 3.58. The summed E-state index contributed by atoms with van der Waals surface area (Å²) in [5, 5.41) is 0.786. The minimum Gasteiger partial charge on any atom is -0.121 e. The van der Waals surface area contributed by atoms with Crippen LogP contribution in [0.1, 0.15) is 29.4 Å². The van der Waals surface area contributed by atoms with Crippen LogP contribution in [0.2, 0.25) is 0 Å². The molecule has 19 heavy (non-hydrogen) atoms. The predicted octanol–water partition coefficient (Wildman–Crippen LogP) is 5.04. The smallest absolute Gasteiger partial charge is 0.0533 e. The third-order valence-corrected chi connectivity index (χ3v) is 6.58. The van der Waals surface area contributed by atoms with E-state index in [1.165, 1.54) is 22.4 Å². The van der Waals surface area contributed by atoms with Crippen molar-refractivity contribution in [2.24, 2.45) is 0 Å². The number of fused-ring (bicyclic) bond motifs is 5. The van der Waals surface area contributed by atoms with E-state index >= 15 is 0 Å². The van der Waals surface area contributed by atoms with Gasteiger partial charge in [0.2, 0.25) is 0 Å². The average Bonchev–Trinajstić information content (AvgIpc) is 2.98. The maximum atomic E-state index is 6.73. The van der Waals surface area contributed by atoms with E-state index in [4.69, 9.17) is 11.6 Å². The highest BCUT2D eigenvalue weighted by Gasteiger charge is 2.50. The molecule has 4 rings (SSSR count). The normalized spacial score (nSPS) is 31.4. The zero-order chi connectivity index (χ0) is 12.8. The number of rotatable bonds is 2. The van der Waals surface area contributed by atoms with Crippen LogP contribution in [-0.4, -0.2) is 10.6 Å². The molecule has 0 spiro atoms. The Kier molecular flexibility index (Phi) is 2.86. The number of alkyl halides is 1. The maximum absolute atomic E-state index is 6.73. The molecule has 2 bridgehead atoms. The van der Waals surface area contributed by atoms with Crippen LogP contribution in [0.15, 0.2) is 59.5 Å². The SMILES string of the molecule is Cl[C@H]1[C@H](Sc2ccccc2)[C@@H]2C[C@H]1c1ccccc12. The largest absolute Gasteiger partial charge is 0.121 e. The summed E-state index contributed by atoms with van der Waals surface area (Å²) in [7, 11) is 0. The molecule has 2 aromatic rings. The lowest BCUT2D eigenvalue weighted by Crippen LogP contribution is -2.24. The molecule has 0 amide bonds. The molecule has 0 aliphatic heterocycles. The van der Waals surface area contributed by atoms with Crippen LogP contribution in [0.25, 0.3) is 0 Å². The molecule has 0 nitrogen and oxygen atoms in total. The Hall–Kier alpha value is -0.920. The van der Waals surface area contributed by atoms with Gasteiger partial charge in [-0.3, -0.25) is 0 Å². The maximum Gasteiger partial charge on any atom is 0.0533 e. The van der Waals surface area contributed by atoms with Crippen molar-refractivity contribution < 1.29 is 0 Å². The molecular formula is C17H15ClS. The van der Waals surface area contributed by atoms with Gasteiger partial charge in [-0.1, -0.05) is 42.5 Å². The lowest BCUT2D eigenvalue weighted by molar-refractivity contribution is 0.742. The van der Waals surface area contributed by atoms with Gasteiger partial charge in [-0.05, 0) is 35.6 Å².